The van der Waals surface area contributed by atoms with E-state index >= 15 is 0 Å². The second kappa shape index (κ2) is 9.35. The van der Waals surface area contributed by atoms with Gasteiger partial charge in [0.05, 0.1) is 11.1 Å². The maximum atomic E-state index is 13.8. The van der Waals surface area contributed by atoms with Crippen molar-refractivity contribution in [3.8, 4) is 11.6 Å². The molecular weight excluding hydrogens is 508 g/mol. The summed E-state index contributed by atoms with van der Waals surface area (Å²) in [5, 5.41) is 25.1. The lowest BCUT2D eigenvalue weighted by Crippen LogP contribution is -2.41. The standard InChI is InChI=1S/C24H25F6N3O4/c1-12-10-13(6-7-16(12)21(35)36)22(8-9-22)31-19(34)17-18(24(28,29)30)32-33(2)20(17)37-15-5-3-4-14(11-15)23(25,26)27/h3-6,11-12,16,21,35-36H,7-10H2,1-2H3,(H,31,34). The van der Waals surface area contributed by atoms with Crippen molar-refractivity contribution in [2.24, 2.45) is 18.9 Å². The van der Waals surface area contributed by atoms with E-state index in [1.165, 1.54) is 0 Å². The Balaban J connectivity index is 1.66. The van der Waals surface area contributed by atoms with E-state index in [-0.39, 0.29) is 5.92 Å². The Kier molecular flexibility index (Phi) is 6.82. The second-order valence-electron chi connectivity index (χ2n) is 9.54. The van der Waals surface area contributed by atoms with Gasteiger partial charge in [0, 0.05) is 13.0 Å². The zero-order valence-electron chi connectivity index (χ0n) is 19.8. The van der Waals surface area contributed by atoms with Gasteiger partial charge in [-0.05, 0) is 55.4 Å². The van der Waals surface area contributed by atoms with Crippen LogP contribution in [0.5, 0.6) is 11.6 Å². The third-order valence-electron chi connectivity index (χ3n) is 6.88. The molecule has 1 saturated carbocycles. The molecule has 0 saturated heterocycles. The normalized spacial score (nSPS) is 21.5. The molecule has 0 spiro atoms. The number of ether oxygens (including phenoxy) is 1. The van der Waals surface area contributed by atoms with Crippen molar-refractivity contribution in [2.45, 2.75) is 56.8 Å². The number of carbonyl (C=O) groups is 1. The SMILES string of the molecule is CC1CC(C2(NC(=O)c3c(C(F)(F)F)nn(C)c3Oc3cccc(C(F)(F)F)c3)CC2)=CCC1C(O)O. The van der Waals surface area contributed by atoms with E-state index in [1.54, 1.807) is 6.08 Å². The summed E-state index contributed by atoms with van der Waals surface area (Å²) in [5.74, 6) is -2.75. The molecule has 7 nitrogen and oxygen atoms in total. The molecule has 1 aromatic heterocycles. The number of aliphatic hydroxyl groups excluding tert-OH is 1. The van der Waals surface area contributed by atoms with E-state index < -0.39 is 64.5 Å². The average molecular weight is 533 g/mol. The molecule has 2 aliphatic carbocycles. The Labute approximate surface area is 207 Å². The number of nitrogens with zero attached hydrogens (tertiary/aromatic N) is 2. The highest BCUT2D eigenvalue weighted by atomic mass is 19.4. The number of alkyl halides is 6. The first-order valence-corrected chi connectivity index (χ1v) is 11.5. The van der Waals surface area contributed by atoms with E-state index in [0.717, 1.165) is 30.8 Å². The van der Waals surface area contributed by atoms with Crippen LogP contribution in [0.25, 0.3) is 0 Å². The highest BCUT2D eigenvalue weighted by Gasteiger charge is 2.51. The van der Waals surface area contributed by atoms with Crippen molar-refractivity contribution < 1.29 is 46.1 Å². The van der Waals surface area contributed by atoms with Crippen LogP contribution in [0.4, 0.5) is 26.3 Å². The summed E-state index contributed by atoms with van der Waals surface area (Å²) < 4.78 is 86.8. The number of aromatic nitrogens is 2. The molecule has 37 heavy (non-hydrogen) atoms. The van der Waals surface area contributed by atoms with Crippen molar-refractivity contribution >= 4 is 5.91 Å². The minimum absolute atomic E-state index is 0.140. The Morgan fingerprint density at radius 2 is 1.86 bits per heavy atom. The van der Waals surface area contributed by atoms with Crippen LogP contribution in [-0.4, -0.2) is 37.7 Å². The molecule has 0 aliphatic heterocycles. The van der Waals surface area contributed by atoms with Gasteiger partial charge in [-0.3, -0.25) is 4.79 Å². The van der Waals surface area contributed by atoms with E-state index in [0.29, 0.717) is 36.4 Å². The Hall–Kier alpha value is -3.06. The molecule has 1 fully saturated rings. The van der Waals surface area contributed by atoms with Crippen LogP contribution in [0.15, 0.2) is 35.9 Å². The number of nitrogens with one attached hydrogen (secondary N) is 1. The Morgan fingerprint density at radius 1 is 1.19 bits per heavy atom. The lowest BCUT2D eigenvalue weighted by Gasteiger charge is -2.33. The molecule has 13 heteroatoms. The molecule has 3 N–H and O–H groups in total. The smallest absolute Gasteiger partial charge is 0.436 e. The number of benzene rings is 1. The van der Waals surface area contributed by atoms with E-state index in [1.807, 2.05) is 6.92 Å². The third kappa shape index (κ3) is 5.47. The molecule has 202 valence electrons. The topological polar surface area (TPSA) is 96.6 Å². The molecule has 1 aromatic carbocycles. The first-order valence-electron chi connectivity index (χ1n) is 11.5. The van der Waals surface area contributed by atoms with E-state index in [9.17, 15) is 41.4 Å². The fourth-order valence-electron chi connectivity index (χ4n) is 4.71. The van der Waals surface area contributed by atoms with Crippen LogP contribution >= 0.6 is 0 Å². The highest BCUT2D eigenvalue weighted by molar-refractivity contribution is 5.99. The summed E-state index contributed by atoms with van der Waals surface area (Å²) in [4.78, 5) is 13.3. The van der Waals surface area contributed by atoms with Gasteiger partial charge in [0.25, 0.3) is 5.91 Å². The lowest BCUT2D eigenvalue weighted by atomic mass is 9.77. The Morgan fingerprint density at radius 3 is 2.41 bits per heavy atom. The molecule has 0 radical (unpaired) electrons. The number of hydrogen-bond donors (Lipinski definition) is 3. The van der Waals surface area contributed by atoms with Crippen molar-refractivity contribution in [3.63, 3.8) is 0 Å². The summed E-state index contributed by atoms with van der Waals surface area (Å²) in [6.07, 6.45) is -7.82. The van der Waals surface area contributed by atoms with Gasteiger partial charge in [0.15, 0.2) is 12.0 Å². The molecule has 2 unspecified atom stereocenters. The van der Waals surface area contributed by atoms with Crippen molar-refractivity contribution in [1.82, 2.24) is 15.1 Å². The number of halogens is 6. The molecule has 0 bridgehead atoms. The van der Waals surface area contributed by atoms with Crippen LogP contribution in [-0.2, 0) is 19.4 Å². The van der Waals surface area contributed by atoms with Crippen LogP contribution in [0.1, 0.15) is 54.2 Å². The van der Waals surface area contributed by atoms with Gasteiger partial charge in [-0.1, -0.05) is 19.1 Å². The number of allylic oxidation sites excluding steroid dienone is 1. The van der Waals surface area contributed by atoms with Gasteiger partial charge in [0.1, 0.15) is 11.3 Å². The summed E-state index contributed by atoms with van der Waals surface area (Å²) in [7, 11) is 1.09. The zero-order valence-corrected chi connectivity index (χ0v) is 19.8. The summed E-state index contributed by atoms with van der Waals surface area (Å²) >= 11 is 0. The Bertz CT molecular complexity index is 1210. The number of aryl methyl sites for hydroxylation is 1. The number of rotatable bonds is 6. The first kappa shape index (κ1) is 27.0. The predicted octanol–water partition coefficient (Wildman–Crippen LogP) is 4.80. The van der Waals surface area contributed by atoms with Gasteiger partial charge in [-0.25, -0.2) is 4.68 Å². The molecule has 1 heterocycles. The first-order chi connectivity index (χ1) is 17.1. The van der Waals surface area contributed by atoms with Gasteiger partial charge in [-0.2, -0.15) is 31.4 Å². The number of hydrogen-bond acceptors (Lipinski definition) is 5. The zero-order chi connectivity index (χ0) is 27.3. The highest BCUT2D eigenvalue weighted by Crippen LogP contribution is 2.49. The average Bonchev–Trinajstić information content (AvgIpc) is 3.49. The summed E-state index contributed by atoms with van der Waals surface area (Å²) in [6.45, 7) is 1.82. The largest absolute Gasteiger partial charge is 0.438 e. The summed E-state index contributed by atoms with van der Waals surface area (Å²) in [5.41, 5.74) is -3.66. The minimum Gasteiger partial charge on any atom is -0.438 e. The fourth-order valence-corrected chi connectivity index (χ4v) is 4.71. The van der Waals surface area contributed by atoms with E-state index in [2.05, 4.69) is 10.4 Å². The lowest BCUT2D eigenvalue weighted by molar-refractivity contribution is -0.141. The monoisotopic (exact) mass is 533 g/mol. The van der Waals surface area contributed by atoms with Crippen LogP contribution < -0.4 is 10.1 Å². The van der Waals surface area contributed by atoms with Crippen molar-refractivity contribution in [1.29, 1.82) is 0 Å². The molecular formula is C24H25F6N3O4. The van der Waals surface area contributed by atoms with Crippen LogP contribution in [0.3, 0.4) is 0 Å². The third-order valence-corrected chi connectivity index (χ3v) is 6.88. The van der Waals surface area contributed by atoms with Crippen molar-refractivity contribution in [2.75, 3.05) is 0 Å². The second-order valence-corrected chi connectivity index (χ2v) is 9.54. The summed E-state index contributed by atoms with van der Waals surface area (Å²) in [6, 6.07) is 3.55. The molecule has 2 aliphatic rings. The van der Waals surface area contributed by atoms with Gasteiger partial charge < -0.3 is 20.3 Å². The van der Waals surface area contributed by atoms with Crippen molar-refractivity contribution in [3.05, 3.63) is 52.7 Å². The maximum Gasteiger partial charge on any atom is 0.436 e. The molecule has 1 amide bonds. The fraction of sp³-hybridized carbons (Fsp3) is 0.500. The van der Waals surface area contributed by atoms with Crippen LogP contribution in [0.2, 0.25) is 0 Å². The predicted molar refractivity (Wildman–Crippen MR) is 117 cm³/mol. The maximum absolute atomic E-state index is 13.8. The van der Waals surface area contributed by atoms with Gasteiger partial charge in [0.2, 0.25) is 5.88 Å². The minimum atomic E-state index is -5.04. The van der Waals surface area contributed by atoms with E-state index in [4.69, 9.17) is 4.74 Å². The number of aliphatic hydroxyl groups is 2. The molecule has 2 aromatic rings. The molecule has 4 rings (SSSR count). The quantitative estimate of drug-likeness (QED) is 0.282. The number of amides is 1. The number of carbonyl (C=O) groups excluding carboxylic acids is 1. The van der Waals surface area contributed by atoms with Gasteiger partial charge in [-0.15, -0.1) is 0 Å². The van der Waals surface area contributed by atoms with Crippen LogP contribution in [0, 0.1) is 11.8 Å². The molecule has 2 atom stereocenters. The van der Waals surface area contributed by atoms with Gasteiger partial charge >= 0.3 is 12.4 Å².